The third-order valence-corrected chi connectivity index (χ3v) is 19.5. The molecule has 9 heteroatoms. The molecule has 0 heterocycles. The Bertz CT molecular complexity index is 1730. The number of quaternary nitrogens is 1. The highest BCUT2D eigenvalue weighted by atomic mass is 16.7. The number of carbonyl (C=O) groups excluding carboxylic acids is 3. The van der Waals surface area contributed by atoms with Gasteiger partial charge in [0.15, 0.2) is 12.4 Å². The highest BCUT2D eigenvalue weighted by Crippen LogP contribution is 2.20. The number of ether oxygens (including phenoxy) is 4. The average molecular weight is 1370 g/mol. The molecule has 0 rings (SSSR count). The van der Waals surface area contributed by atoms with Gasteiger partial charge in [-0.2, -0.15) is 0 Å². The minimum absolute atomic E-state index is 0.150. The van der Waals surface area contributed by atoms with Gasteiger partial charge >= 0.3 is 11.9 Å². The van der Waals surface area contributed by atoms with Crippen molar-refractivity contribution in [1.29, 1.82) is 0 Å². The molecular weight excluding hydrogens is 1200 g/mol. The Balaban J connectivity index is 3.92. The summed E-state index contributed by atoms with van der Waals surface area (Å²) in [5.41, 5.74) is 0. The van der Waals surface area contributed by atoms with E-state index in [0.717, 1.165) is 44.9 Å². The van der Waals surface area contributed by atoms with Crippen LogP contribution in [-0.4, -0.2) is 82.3 Å². The molecule has 0 spiro atoms. The number of aliphatic carboxylic acids is 1. The van der Waals surface area contributed by atoms with Crippen molar-refractivity contribution >= 4 is 17.9 Å². The van der Waals surface area contributed by atoms with Gasteiger partial charge in [-0.1, -0.05) is 396 Å². The summed E-state index contributed by atoms with van der Waals surface area (Å²) >= 11 is 0. The standard InChI is InChI=1S/C88H165NO8/c1-6-8-10-12-14-16-18-20-22-24-26-28-30-32-34-36-38-39-40-41-42-43-44-45-46-47-49-50-52-54-56-58-60-62-64-66-68-70-72-74-76-78-85(90)95-82-84(83-96-88(87(92)93)94-81-80-89(3,4)5)97-86(91)79-77-75-73-71-69-67-65-63-61-59-57-55-53-51-48-37-35-33-31-29-27-25-23-21-19-17-15-13-11-9-7-2/h19,21,24-27,31,33,84,88H,6-18,20,22-23,28-30,32,34-83H2,1-5H3/b21-19-,26-24-,27-25-,33-31-. The van der Waals surface area contributed by atoms with Crippen molar-refractivity contribution in [2.75, 3.05) is 47.5 Å². The third kappa shape index (κ3) is 80.4. The van der Waals surface area contributed by atoms with E-state index in [4.69, 9.17) is 18.9 Å². The van der Waals surface area contributed by atoms with Crippen molar-refractivity contribution in [3.05, 3.63) is 48.6 Å². The minimum atomic E-state index is -1.62. The van der Waals surface area contributed by atoms with Gasteiger partial charge in [0, 0.05) is 12.8 Å². The van der Waals surface area contributed by atoms with Gasteiger partial charge in [-0.05, 0) is 77.0 Å². The van der Waals surface area contributed by atoms with Crippen LogP contribution in [-0.2, 0) is 33.3 Å². The second kappa shape index (κ2) is 79.0. The van der Waals surface area contributed by atoms with Crippen LogP contribution in [0.25, 0.3) is 0 Å². The number of esters is 2. The van der Waals surface area contributed by atoms with Crippen LogP contribution in [0.15, 0.2) is 48.6 Å². The van der Waals surface area contributed by atoms with E-state index in [9.17, 15) is 19.5 Å². The molecule has 0 amide bonds. The van der Waals surface area contributed by atoms with Crippen LogP contribution in [0.5, 0.6) is 0 Å². The number of hydrogen-bond acceptors (Lipinski definition) is 8. The molecule has 0 saturated carbocycles. The van der Waals surface area contributed by atoms with E-state index < -0.39 is 24.3 Å². The van der Waals surface area contributed by atoms with E-state index in [2.05, 4.69) is 62.5 Å². The van der Waals surface area contributed by atoms with Gasteiger partial charge < -0.3 is 33.3 Å². The average Bonchev–Trinajstić information content (AvgIpc) is 2.39. The Labute approximate surface area is 603 Å². The van der Waals surface area contributed by atoms with Crippen LogP contribution in [0, 0.1) is 0 Å². The molecule has 0 aliphatic rings. The fraction of sp³-hybridized carbons (Fsp3) is 0.875. The van der Waals surface area contributed by atoms with Crippen LogP contribution in [0.1, 0.15) is 438 Å². The summed E-state index contributed by atoms with van der Waals surface area (Å²) in [6, 6.07) is 0. The first kappa shape index (κ1) is 94.2. The summed E-state index contributed by atoms with van der Waals surface area (Å²) in [5, 5.41) is 11.9. The number of carbonyl (C=O) groups is 3. The zero-order valence-corrected chi connectivity index (χ0v) is 65.5. The molecule has 9 nitrogen and oxygen atoms in total. The molecule has 0 radical (unpaired) electrons. The first-order valence-electron chi connectivity index (χ1n) is 42.8. The fourth-order valence-corrected chi connectivity index (χ4v) is 13.0. The van der Waals surface area contributed by atoms with Gasteiger partial charge in [0.05, 0.1) is 40.3 Å². The Morgan fingerprint density at radius 2 is 0.557 bits per heavy atom. The van der Waals surface area contributed by atoms with Gasteiger partial charge in [0.25, 0.3) is 0 Å². The lowest BCUT2D eigenvalue weighted by Crippen LogP contribution is -2.44. The molecule has 97 heavy (non-hydrogen) atoms. The number of allylic oxidation sites excluding steroid dienone is 8. The number of hydrogen-bond donors (Lipinski definition) is 0. The minimum Gasteiger partial charge on any atom is -0.545 e. The molecule has 0 aromatic rings. The van der Waals surface area contributed by atoms with Crippen molar-refractivity contribution in [2.24, 2.45) is 0 Å². The molecule has 0 fully saturated rings. The molecule has 2 unspecified atom stereocenters. The van der Waals surface area contributed by atoms with E-state index >= 15 is 0 Å². The highest BCUT2D eigenvalue weighted by Gasteiger charge is 2.22. The number of unbranched alkanes of at least 4 members (excludes halogenated alkanes) is 58. The second-order valence-electron chi connectivity index (χ2n) is 30.5. The Hall–Kier alpha value is -2.75. The fourth-order valence-electron chi connectivity index (χ4n) is 13.0. The number of carboxylic acids is 1. The maximum absolute atomic E-state index is 13.0. The van der Waals surface area contributed by atoms with Gasteiger partial charge in [-0.3, -0.25) is 9.59 Å². The van der Waals surface area contributed by atoms with E-state index in [0.29, 0.717) is 23.9 Å². The highest BCUT2D eigenvalue weighted by molar-refractivity contribution is 5.70. The van der Waals surface area contributed by atoms with Crippen LogP contribution < -0.4 is 5.11 Å². The lowest BCUT2D eigenvalue weighted by Gasteiger charge is -2.26. The summed E-state index contributed by atoms with van der Waals surface area (Å²) in [5.74, 6) is -2.25. The van der Waals surface area contributed by atoms with Gasteiger partial charge in [0.2, 0.25) is 0 Å². The van der Waals surface area contributed by atoms with E-state index in [1.54, 1.807) is 0 Å². The number of rotatable bonds is 81. The SMILES string of the molecule is CCCCCCC/C=C\C/C=C\C/C=C\CCCCCCCCCCCCCCCCCCC(=O)OC(COC(=O)CCCCCCCCCCCCCCCCCCCCCCCCCCCCCCC/C=C\CCCCCCCCCC)COC(OCC[N+](C)(C)C)C(=O)[O-]. The van der Waals surface area contributed by atoms with Crippen molar-refractivity contribution in [1.82, 2.24) is 0 Å². The zero-order chi connectivity index (χ0) is 70.4. The molecule has 0 saturated heterocycles. The molecule has 2 atom stereocenters. The van der Waals surface area contributed by atoms with Gasteiger partial charge in [0.1, 0.15) is 13.2 Å². The van der Waals surface area contributed by atoms with E-state index in [1.165, 1.54) is 360 Å². The molecule has 0 bridgehead atoms. The van der Waals surface area contributed by atoms with Crippen LogP contribution in [0.3, 0.4) is 0 Å². The van der Waals surface area contributed by atoms with Gasteiger partial charge in [-0.15, -0.1) is 0 Å². The van der Waals surface area contributed by atoms with Crippen LogP contribution >= 0.6 is 0 Å². The van der Waals surface area contributed by atoms with E-state index in [-0.39, 0.29) is 32.2 Å². The van der Waals surface area contributed by atoms with Crippen LogP contribution in [0.2, 0.25) is 0 Å². The third-order valence-electron chi connectivity index (χ3n) is 19.5. The summed E-state index contributed by atoms with van der Waals surface area (Å²) < 4.78 is 22.9. The van der Waals surface area contributed by atoms with Crippen molar-refractivity contribution in [2.45, 2.75) is 450 Å². The lowest BCUT2D eigenvalue weighted by molar-refractivity contribution is -0.870. The van der Waals surface area contributed by atoms with Crippen molar-refractivity contribution < 1.29 is 42.9 Å². The summed E-state index contributed by atoms with van der Waals surface area (Å²) in [4.78, 5) is 37.6. The molecule has 0 aromatic heterocycles. The molecule has 0 aliphatic carbocycles. The Kier molecular flexibility index (Phi) is 76.7. The van der Waals surface area contributed by atoms with Crippen molar-refractivity contribution in [3.63, 3.8) is 0 Å². The summed E-state index contributed by atoms with van der Waals surface area (Å²) in [7, 11) is 5.95. The first-order valence-corrected chi connectivity index (χ1v) is 42.8. The molecule has 0 aliphatic heterocycles. The quantitative estimate of drug-likeness (QED) is 0.0195. The lowest BCUT2D eigenvalue weighted by atomic mass is 10.0. The normalized spacial score (nSPS) is 12.8. The van der Waals surface area contributed by atoms with Crippen molar-refractivity contribution in [3.8, 4) is 0 Å². The number of carboxylic acid groups (broad SMARTS) is 1. The van der Waals surface area contributed by atoms with E-state index in [1.807, 2.05) is 21.1 Å². The Morgan fingerprint density at radius 1 is 0.309 bits per heavy atom. The number of likely N-dealkylation sites (N-methyl/N-ethyl adjacent to an activating group) is 1. The molecular formula is C88H165NO8. The van der Waals surface area contributed by atoms with Gasteiger partial charge in [-0.25, -0.2) is 0 Å². The second-order valence-corrected chi connectivity index (χ2v) is 30.5. The Morgan fingerprint density at radius 3 is 0.835 bits per heavy atom. The maximum Gasteiger partial charge on any atom is 0.306 e. The summed E-state index contributed by atoms with van der Waals surface area (Å²) in [6.45, 7) is 4.81. The largest absolute Gasteiger partial charge is 0.545 e. The zero-order valence-electron chi connectivity index (χ0n) is 65.5. The predicted octanol–water partition coefficient (Wildman–Crippen LogP) is 26.3. The summed E-state index contributed by atoms with van der Waals surface area (Å²) in [6.07, 6.45) is 101. The predicted molar refractivity (Wildman–Crippen MR) is 417 cm³/mol. The first-order chi connectivity index (χ1) is 47.6. The molecule has 0 aromatic carbocycles. The number of nitrogens with zero attached hydrogens (tertiary/aromatic N) is 1. The topological polar surface area (TPSA) is 111 Å². The maximum atomic E-state index is 13.0. The molecule has 570 valence electrons. The smallest absolute Gasteiger partial charge is 0.306 e. The van der Waals surface area contributed by atoms with Crippen LogP contribution in [0.4, 0.5) is 0 Å². The molecule has 0 N–H and O–H groups in total. The monoisotopic (exact) mass is 1360 g/mol.